The molecule has 1 aliphatic carbocycles. The number of benzene rings is 4. The summed E-state index contributed by atoms with van der Waals surface area (Å²) in [6.07, 6.45) is 0. The fraction of sp³-hybridized carbons (Fsp3) is 0.143. The fourth-order valence-corrected chi connectivity index (χ4v) is 6.54. The van der Waals surface area contributed by atoms with Crippen LogP contribution in [0.1, 0.15) is 45.6 Å². The Bertz CT molecular complexity index is 1960. The van der Waals surface area contributed by atoms with Gasteiger partial charge in [0, 0.05) is 45.5 Å². The lowest BCUT2D eigenvalue weighted by atomic mass is 9.78. The molecule has 0 amide bonds. The van der Waals surface area contributed by atoms with E-state index in [-0.39, 0.29) is 5.78 Å². The summed E-state index contributed by atoms with van der Waals surface area (Å²) in [5, 5.41) is 6.82. The molecule has 1 aliphatic heterocycles. The van der Waals surface area contributed by atoms with Crippen LogP contribution in [0.15, 0.2) is 108 Å². The Morgan fingerprint density at radius 1 is 0.875 bits per heavy atom. The molecule has 0 unspecified atom stereocenters. The van der Waals surface area contributed by atoms with Crippen LogP contribution in [0.25, 0.3) is 27.4 Å². The van der Waals surface area contributed by atoms with Gasteiger partial charge < -0.3 is 14.6 Å². The summed E-state index contributed by atoms with van der Waals surface area (Å²) in [4.78, 5) is 27.3. The number of rotatable bonds is 4. The summed E-state index contributed by atoms with van der Waals surface area (Å²) in [5.41, 5.74) is 8.31. The predicted octanol–water partition coefficient (Wildman–Crippen LogP) is 6.89. The van der Waals surface area contributed by atoms with Crippen molar-refractivity contribution in [3.63, 3.8) is 0 Å². The van der Waals surface area contributed by atoms with Crippen LogP contribution in [0.5, 0.6) is 0 Å². The minimum Gasteiger partial charge on any atom is -0.466 e. The molecule has 0 spiro atoms. The Labute approximate surface area is 232 Å². The second-order valence-electron chi connectivity index (χ2n) is 10.5. The van der Waals surface area contributed by atoms with Gasteiger partial charge in [0.25, 0.3) is 0 Å². The normalized spacial score (nSPS) is 16.4. The minimum atomic E-state index is -0.564. The van der Waals surface area contributed by atoms with E-state index in [2.05, 4.69) is 71.4 Å². The highest BCUT2D eigenvalue weighted by Gasteiger charge is 2.44. The Morgan fingerprint density at radius 3 is 2.38 bits per heavy atom. The highest BCUT2D eigenvalue weighted by molar-refractivity contribution is 6.23. The SMILES string of the molecule is COC(=O)C1=C(C)NC2=C(C(=O)c3ccccc32)[C@@H]1c1c(C)n(Cc2ccc3ccccc3c2)c2ccccc12. The zero-order valence-corrected chi connectivity index (χ0v) is 22.6. The second-order valence-corrected chi connectivity index (χ2v) is 10.5. The summed E-state index contributed by atoms with van der Waals surface area (Å²) >= 11 is 0. The number of dihydropyridines is 1. The number of nitrogens with zero attached hydrogens (tertiary/aromatic N) is 1. The van der Waals surface area contributed by atoms with Crippen molar-refractivity contribution in [1.29, 1.82) is 0 Å². The number of fused-ring (bicyclic) bond motifs is 4. The molecule has 5 nitrogen and oxygen atoms in total. The van der Waals surface area contributed by atoms with Gasteiger partial charge in [-0.1, -0.05) is 78.9 Å². The van der Waals surface area contributed by atoms with Crippen LogP contribution in [-0.2, 0) is 16.1 Å². The quantitative estimate of drug-likeness (QED) is 0.260. The fourth-order valence-electron chi connectivity index (χ4n) is 6.54. The third-order valence-corrected chi connectivity index (χ3v) is 8.38. The van der Waals surface area contributed by atoms with Gasteiger partial charge >= 0.3 is 5.97 Å². The van der Waals surface area contributed by atoms with Crippen molar-refractivity contribution in [2.75, 3.05) is 7.11 Å². The van der Waals surface area contributed by atoms with E-state index in [0.29, 0.717) is 29.0 Å². The zero-order valence-electron chi connectivity index (χ0n) is 22.6. The number of allylic oxidation sites excluding steroid dienone is 2. The molecule has 5 aromatic rings. The molecule has 5 heteroatoms. The number of hydrogen-bond acceptors (Lipinski definition) is 4. The Balaban J connectivity index is 1.46. The molecule has 4 aromatic carbocycles. The van der Waals surface area contributed by atoms with Gasteiger partial charge in [-0.25, -0.2) is 4.79 Å². The van der Waals surface area contributed by atoms with Gasteiger partial charge in [0.05, 0.1) is 24.3 Å². The lowest BCUT2D eigenvalue weighted by Gasteiger charge is -2.29. The number of carbonyl (C=O) groups is 2. The van der Waals surface area contributed by atoms with Gasteiger partial charge in [-0.15, -0.1) is 0 Å². The van der Waals surface area contributed by atoms with Crippen LogP contribution in [-0.4, -0.2) is 23.4 Å². The van der Waals surface area contributed by atoms with Crippen LogP contribution in [0.4, 0.5) is 0 Å². The molecule has 1 atom stereocenters. The van der Waals surface area contributed by atoms with Crippen molar-refractivity contribution in [2.45, 2.75) is 26.3 Å². The van der Waals surface area contributed by atoms with E-state index in [1.165, 1.54) is 23.4 Å². The first-order valence-electron chi connectivity index (χ1n) is 13.5. The number of methoxy groups -OCH3 is 1. The third kappa shape index (κ3) is 3.47. The molecule has 2 heterocycles. The number of aromatic nitrogens is 1. The van der Waals surface area contributed by atoms with Gasteiger partial charge in [0.2, 0.25) is 0 Å². The van der Waals surface area contributed by atoms with Gasteiger partial charge in [-0.05, 0) is 47.9 Å². The van der Waals surface area contributed by atoms with Crippen LogP contribution in [0.3, 0.4) is 0 Å². The van der Waals surface area contributed by atoms with Crippen LogP contribution in [0.2, 0.25) is 0 Å². The first kappa shape index (κ1) is 24.2. The number of ketones is 1. The number of para-hydroxylation sites is 1. The third-order valence-electron chi connectivity index (χ3n) is 8.38. The Kier molecular flexibility index (Phi) is 5.49. The number of ether oxygens (including phenoxy) is 1. The van der Waals surface area contributed by atoms with Crippen molar-refractivity contribution in [2.24, 2.45) is 0 Å². The second kappa shape index (κ2) is 9.09. The summed E-state index contributed by atoms with van der Waals surface area (Å²) in [5.74, 6) is -1.05. The maximum Gasteiger partial charge on any atom is 0.336 e. The topological polar surface area (TPSA) is 60.3 Å². The van der Waals surface area contributed by atoms with Gasteiger partial charge in [0.15, 0.2) is 5.78 Å². The summed E-state index contributed by atoms with van der Waals surface area (Å²) < 4.78 is 7.59. The molecule has 0 fully saturated rings. The zero-order chi connectivity index (χ0) is 27.5. The van der Waals surface area contributed by atoms with E-state index in [1.54, 1.807) is 0 Å². The number of hydrogen-bond donors (Lipinski definition) is 1. The van der Waals surface area contributed by atoms with Crippen molar-refractivity contribution in [1.82, 2.24) is 9.88 Å². The van der Waals surface area contributed by atoms with Crippen LogP contribution in [0, 0.1) is 6.92 Å². The largest absolute Gasteiger partial charge is 0.466 e. The maximum atomic E-state index is 14.0. The van der Waals surface area contributed by atoms with Crippen molar-refractivity contribution >= 4 is 39.1 Å². The van der Waals surface area contributed by atoms with E-state index in [4.69, 9.17) is 4.74 Å². The van der Waals surface area contributed by atoms with E-state index in [0.717, 1.165) is 33.4 Å². The Hall–Kier alpha value is -4.90. The molecule has 0 saturated carbocycles. The molecular weight excluding hydrogens is 496 g/mol. The summed E-state index contributed by atoms with van der Waals surface area (Å²) in [7, 11) is 1.39. The lowest BCUT2D eigenvalue weighted by molar-refractivity contribution is -0.136. The first-order chi connectivity index (χ1) is 19.5. The smallest absolute Gasteiger partial charge is 0.336 e. The van der Waals surface area contributed by atoms with Crippen LogP contribution >= 0.6 is 0 Å². The average Bonchev–Trinajstić information content (AvgIpc) is 3.42. The lowest BCUT2D eigenvalue weighted by Crippen LogP contribution is -2.29. The maximum absolute atomic E-state index is 14.0. The molecule has 0 saturated heterocycles. The van der Waals surface area contributed by atoms with Gasteiger partial charge in [-0.2, -0.15) is 0 Å². The minimum absolute atomic E-state index is 0.0530. The number of esters is 1. The number of Topliss-reactive ketones (excluding diaryl/α,β-unsaturated/α-hetero) is 1. The van der Waals surface area contributed by atoms with E-state index in [9.17, 15) is 9.59 Å². The average molecular weight is 525 g/mol. The Morgan fingerprint density at radius 2 is 1.57 bits per heavy atom. The van der Waals surface area contributed by atoms with E-state index >= 15 is 0 Å². The summed E-state index contributed by atoms with van der Waals surface area (Å²) in [6.45, 7) is 4.64. The highest BCUT2D eigenvalue weighted by atomic mass is 16.5. The molecule has 1 N–H and O–H groups in total. The predicted molar refractivity (Wildman–Crippen MR) is 158 cm³/mol. The van der Waals surface area contributed by atoms with Crippen molar-refractivity contribution in [3.8, 4) is 0 Å². The standard InChI is InChI=1S/C35H28N2O3/c1-20-29(35(39)40-3)31(32-33(36-20)25-12-6-7-13-26(25)34(32)38)30-21(2)37(28-15-9-8-14-27(28)30)19-22-16-17-23-10-4-5-11-24(23)18-22/h4-18,31,36H,19H2,1-3H3/t31-/m0/s1. The van der Waals surface area contributed by atoms with Crippen LogP contribution < -0.4 is 5.32 Å². The first-order valence-corrected chi connectivity index (χ1v) is 13.5. The molecule has 7 rings (SSSR count). The molecule has 0 radical (unpaired) electrons. The number of nitrogens with one attached hydrogen (secondary N) is 1. The summed E-state index contributed by atoms with van der Waals surface area (Å²) in [6, 6.07) is 30.8. The molecule has 0 bridgehead atoms. The monoisotopic (exact) mass is 524 g/mol. The molecule has 2 aliphatic rings. The molecule has 1 aromatic heterocycles. The molecule has 196 valence electrons. The number of carbonyl (C=O) groups excluding carboxylic acids is 2. The van der Waals surface area contributed by atoms with E-state index < -0.39 is 11.9 Å². The van der Waals surface area contributed by atoms with E-state index in [1.807, 2.05) is 43.3 Å². The van der Waals surface area contributed by atoms with Gasteiger partial charge in [-0.3, -0.25) is 4.79 Å². The highest BCUT2D eigenvalue weighted by Crippen LogP contribution is 2.49. The molecule has 40 heavy (non-hydrogen) atoms. The van der Waals surface area contributed by atoms with Crippen molar-refractivity contribution < 1.29 is 14.3 Å². The molecular formula is C35H28N2O3. The van der Waals surface area contributed by atoms with Gasteiger partial charge in [0.1, 0.15) is 0 Å². The van der Waals surface area contributed by atoms with Crippen molar-refractivity contribution in [3.05, 3.63) is 136 Å².